The first-order valence-corrected chi connectivity index (χ1v) is 5.94. The molecular formula is C12H23NO3. The maximum Gasteiger partial charge on any atom is 0.326 e. The van der Waals surface area contributed by atoms with Crippen LogP contribution in [0.4, 0.5) is 0 Å². The van der Waals surface area contributed by atoms with E-state index in [1.807, 2.05) is 27.7 Å². The van der Waals surface area contributed by atoms with Crippen LogP contribution in [0.1, 0.15) is 47.0 Å². The SMILES string of the molecule is CCC(C)CC(=O)N[C@H](C(=O)O)C(C)CC. The Morgan fingerprint density at radius 3 is 2.12 bits per heavy atom. The smallest absolute Gasteiger partial charge is 0.326 e. The summed E-state index contributed by atoms with van der Waals surface area (Å²) < 4.78 is 0. The molecule has 0 aliphatic heterocycles. The van der Waals surface area contributed by atoms with Crippen molar-refractivity contribution in [3.63, 3.8) is 0 Å². The van der Waals surface area contributed by atoms with Gasteiger partial charge in [0.25, 0.3) is 0 Å². The highest BCUT2D eigenvalue weighted by molar-refractivity contribution is 5.83. The lowest BCUT2D eigenvalue weighted by atomic mass is 9.98. The van der Waals surface area contributed by atoms with Crippen molar-refractivity contribution in [1.82, 2.24) is 5.32 Å². The maximum absolute atomic E-state index is 11.6. The van der Waals surface area contributed by atoms with Crippen molar-refractivity contribution >= 4 is 11.9 Å². The highest BCUT2D eigenvalue weighted by Crippen LogP contribution is 2.10. The average Bonchev–Trinajstić information content (AvgIpc) is 2.24. The molecule has 4 nitrogen and oxygen atoms in total. The Balaban J connectivity index is 4.30. The molecule has 4 heteroatoms. The van der Waals surface area contributed by atoms with Gasteiger partial charge in [0.2, 0.25) is 5.91 Å². The zero-order valence-corrected chi connectivity index (χ0v) is 10.6. The van der Waals surface area contributed by atoms with E-state index in [-0.39, 0.29) is 11.8 Å². The van der Waals surface area contributed by atoms with Crippen LogP contribution in [0.25, 0.3) is 0 Å². The molecule has 0 aromatic rings. The molecule has 0 aliphatic rings. The molecule has 2 N–H and O–H groups in total. The molecule has 94 valence electrons. The Morgan fingerprint density at radius 1 is 1.19 bits per heavy atom. The van der Waals surface area contributed by atoms with E-state index in [0.717, 1.165) is 12.8 Å². The molecule has 0 aromatic carbocycles. The first-order valence-electron chi connectivity index (χ1n) is 5.94. The molecule has 0 heterocycles. The normalized spacial score (nSPS) is 16.2. The first-order chi connectivity index (χ1) is 7.42. The zero-order valence-electron chi connectivity index (χ0n) is 10.6. The molecule has 16 heavy (non-hydrogen) atoms. The van der Waals surface area contributed by atoms with Gasteiger partial charge in [-0.3, -0.25) is 4.79 Å². The van der Waals surface area contributed by atoms with E-state index < -0.39 is 12.0 Å². The topological polar surface area (TPSA) is 66.4 Å². The number of carboxylic acid groups (broad SMARTS) is 1. The summed E-state index contributed by atoms with van der Waals surface area (Å²) in [5.74, 6) is -0.862. The molecule has 0 aliphatic carbocycles. The van der Waals surface area contributed by atoms with E-state index in [9.17, 15) is 9.59 Å². The van der Waals surface area contributed by atoms with Crippen molar-refractivity contribution in [2.45, 2.75) is 53.0 Å². The van der Waals surface area contributed by atoms with Crippen LogP contribution in [0.2, 0.25) is 0 Å². The molecule has 0 rings (SSSR count). The van der Waals surface area contributed by atoms with Gasteiger partial charge in [-0.05, 0) is 11.8 Å². The quantitative estimate of drug-likeness (QED) is 0.702. The van der Waals surface area contributed by atoms with Crippen LogP contribution in [0.15, 0.2) is 0 Å². The number of hydrogen-bond acceptors (Lipinski definition) is 2. The van der Waals surface area contributed by atoms with Gasteiger partial charge in [-0.1, -0.05) is 40.5 Å². The van der Waals surface area contributed by atoms with Gasteiger partial charge in [-0.15, -0.1) is 0 Å². The molecule has 0 aromatic heterocycles. The fourth-order valence-corrected chi connectivity index (χ4v) is 1.38. The van der Waals surface area contributed by atoms with E-state index in [1.165, 1.54) is 0 Å². The lowest BCUT2D eigenvalue weighted by molar-refractivity contribution is -0.143. The number of hydrogen-bond donors (Lipinski definition) is 2. The second kappa shape index (κ2) is 7.25. The van der Waals surface area contributed by atoms with Gasteiger partial charge in [0.15, 0.2) is 0 Å². The van der Waals surface area contributed by atoms with Crippen molar-refractivity contribution in [3.05, 3.63) is 0 Å². The molecule has 2 unspecified atom stereocenters. The minimum atomic E-state index is -0.952. The number of carboxylic acids is 1. The first kappa shape index (κ1) is 14.9. The van der Waals surface area contributed by atoms with Crippen LogP contribution in [-0.2, 0) is 9.59 Å². The number of rotatable bonds is 7. The second-order valence-corrected chi connectivity index (χ2v) is 4.49. The number of amides is 1. The summed E-state index contributed by atoms with van der Waals surface area (Å²) in [6, 6.07) is -0.762. The predicted octanol–water partition coefficient (Wildman–Crippen LogP) is 2.04. The zero-order chi connectivity index (χ0) is 12.7. The monoisotopic (exact) mass is 229 g/mol. The fourth-order valence-electron chi connectivity index (χ4n) is 1.38. The minimum absolute atomic E-state index is 0.0432. The highest BCUT2D eigenvalue weighted by Gasteiger charge is 2.25. The predicted molar refractivity (Wildman–Crippen MR) is 63.1 cm³/mol. The number of carbonyl (C=O) groups excluding carboxylic acids is 1. The summed E-state index contributed by atoms with van der Waals surface area (Å²) in [5.41, 5.74) is 0. The molecule has 0 bridgehead atoms. The van der Waals surface area contributed by atoms with Crippen LogP contribution in [0.5, 0.6) is 0 Å². The Morgan fingerprint density at radius 2 is 1.75 bits per heavy atom. The van der Waals surface area contributed by atoms with Gasteiger partial charge < -0.3 is 10.4 Å². The average molecular weight is 229 g/mol. The molecule has 0 spiro atoms. The number of nitrogens with one attached hydrogen (secondary N) is 1. The van der Waals surface area contributed by atoms with Crippen molar-refractivity contribution in [1.29, 1.82) is 0 Å². The van der Waals surface area contributed by atoms with Crippen molar-refractivity contribution in [2.24, 2.45) is 11.8 Å². The number of aliphatic carboxylic acids is 1. The minimum Gasteiger partial charge on any atom is -0.480 e. The van der Waals surface area contributed by atoms with Crippen LogP contribution in [0.3, 0.4) is 0 Å². The summed E-state index contributed by atoms with van der Waals surface area (Å²) >= 11 is 0. The van der Waals surface area contributed by atoms with Crippen molar-refractivity contribution < 1.29 is 14.7 Å². The fraction of sp³-hybridized carbons (Fsp3) is 0.833. The Bertz CT molecular complexity index is 240. The van der Waals surface area contributed by atoms with E-state index in [2.05, 4.69) is 5.32 Å². The summed E-state index contributed by atoms with van der Waals surface area (Å²) in [5, 5.41) is 11.6. The molecular weight excluding hydrogens is 206 g/mol. The standard InChI is InChI=1S/C12H23NO3/c1-5-8(3)7-10(14)13-11(12(15)16)9(4)6-2/h8-9,11H,5-7H2,1-4H3,(H,13,14)(H,15,16)/t8?,9?,11-/m0/s1. The second-order valence-electron chi connectivity index (χ2n) is 4.49. The lowest BCUT2D eigenvalue weighted by Gasteiger charge is -2.20. The third kappa shape index (κ3) is 5.14. The largest absolute Gasteiger partial charge is 0.480 e. The molecule has 3 atom stereocenters. The number of carbonyl (C=O) groups is 2. The van der Waals surface area contributed by atoms with Crippen LogP contribution in [0, 0.1) is 11.8 Å². The maximum atomic E-state index is 11.6. The molecule has 0 fully saturated rings. The summed E-state index contributed by atoms with van der Waals surface area (Å²) in [6.07, 6.45) is 2.06. The van der Waals surface area contributed by atoms with Gasteiger partial charge in [0.1, 0.15) is 6.04 Å². The van der Waals surface area contributed by atoms with Gasteiger partial charge in [0, 0.05) is 6.42 Å². The summed E-state index contributed by atoms with van der Waals surface area (Å²) in [6.45, 7) is 7.75. The summed E-state index contributed by atoms with van der Waals surface area (Å²) in [7, 11) is 0. The lowest BCUT2D eigenvalue weighted by Crippen LogP contribution is -2.45. The van der Waals surface area contributed by atoms with Gasteiger partial charge in [-0.25, -0.2) is 4.79 Å². The Labute approximate surface area is 97.4 Å². The van der Waals surface area contributed by atoms with Gasteiger partial charge >= 0.3 is 5.97 Å². The molecule has 0 radical (unpaired) electrons. The molecule has 0 saturated carbocycles. The van der Waals surface area contributed by atoms with Crippen molar-refractivity contribution in [3.8, 4) is 0 Å². The van der Waals surface area contributed by atoms with Gasteiger partial charge in [0.05, 0.1) is 0 Å². The van der Waals surface area contributed by atoms with Crippen LogP contribution >= 0.6 is 0 Å². The Kier molecular flexibility index (Phi) is 6.77. The van der Waals surface area contributed by atoms with Crippen LogP contribution < -0.4 is 5.32 Å². The van der Waals surface area contributed by atoms with E-state index in [4.69, 9.17) is 5.11 Å². The summed E-state index contributed by atoms with van der Waals surface area (Å²) in [4.78, 5) is 22.5. The Hall–Kier alpha value is -1.06. The molecule has 1 amide bonds. The third-order valence-electron chi connectivity index (χ3n) is 3.03. The van der Waals surface area contributed by atoms with Crippen molar-refractivity contribution in [2.75, 3.05) is 0 Å². The molecule has 0 saturated heterocycles. The highest BCUT2D eigenvalue weighted by atomic mass is 16.4. The van der Waals surface area contributed by atoms with E-state index >= 15 is 0 Å². The van der Waals surface area contributed by atoms with Gasteiger partial charge in [-0.2, -0.15) is 0 Å². The van der Waals surface area contributed by atoms with E-state index in [0.29, 0.717) is 12.3 Å². The third-order valence-corrected chi connectivity index (χ3v) is 3.03. The van der Waals surface area contributed by atoms with E-state index in [1.54, 1.807) is 0 Å². The van der Waals surface area contributed by atoms with Crippen LogP contribution in [-0.4, -0.2) is 23.0 Å².